The summed E-state index contributed by atoms with van der Waals surface area (Å²) in [5.41, 5.74) is 4.68. The Balaban J connectivity index is 2.05. The number of amides is 1. The number of carbonyl (C=O) groups excluding carboxylic acids is 1. The Bertz CT molecular complexity index is 459. The van der Waals surface area contributed by atoms with E-state index in [1.807, 2.05) is 4.90 Å². The van der Waals surface area contributed by atoms with Crippen molar-refractivity contribution in [1.29, 1.82) is 0 Å². The molecule has 1 amide bonds. The fraction of sp³-hybridized carbons (Fsp3) is 0.700. The van der Waals surface area contributed by atoms with Crippen LogP contribution in [0, 0.1) is 0 Å². The Morgan fingerprint density at radius 1 is 1.47 bits per heavy atom. The largest absolute Gasteiger partial charge is 0.368 e. The summed E-state index contributed by atoms with van der Waals surface area (Å²) in [5.74, 6) is -0.389. The lowest BCUT2D eigenvalue weighted by Crippen LogP contribution is -2.59. The Morgan fingerprint density at radius 2 is 2.11 bits per heavy atom. The van der Waals surface area contributed by atoms with Gasteiger partial charge in [0.25, 0.3) is 6.43 Å². The summed E-state index contributed by atoms with van der Waals surface area (Å²) in [6, 6.07) is 0. The zero-order valence-corrected chi connectivity index (χ0v) is 11.2. The molecule has 1 aliphatic rings. The van der Waals surface area contributed by atoms with Crippen molar-refractivity contribution < 1.29 is 13.6 Å². The Hall–Kier alpha value is -1.35. The van der Waals surface area contributed by atoms with Gasteiger partial charge < -0.3 is 16.0 Å². The van der Waals surface area contributed by atoms with Gasteiger partial charge >= 0.3 is 0 Å². The van der Waals surface area contributed by atoms with Crippen LogP contribution in [0.2, 0.25) is 0 Å². The molecule has 0 aromatic carbocycles. The Labute approximate surface area is 113 Å². The predicted molar refractivity (Wildman–Crippen MR) is 67.3 cm³/mol. The van der Waals surface area contributed by atoms with Crippen molar-refractivity contribution in [3.8, 4) is 0 Å². The van der Waals surface area contributed by atoms with Gasteiger partial charge in [0.05, 0.1) is 0 Å². The minimum Gasteiger partial charge on any atom is -0.368 e. The number of nitrogens with zero attached hydrogens (tertiary/aromatic N) is 3. The first-order chi connectivity index (χ1) is 8.98. The van der Waals surface area contributed by atoms with E-state index in [1.54, 1.807) is 7.05 Å². The SMILES string of the molecule is CNC1(C(N)=O)CCN(c2nnc(C(F)F)s2)CC1. The van der Waals surface area contributed by atoms with E-state index in [4.69, 9.17) is 5.73 Å². The lowest BCUT2D eigenvalue weighted by Gasteiger charge is -2.39. The number of aromatic nitrogens is 2. The third kappa shape index (κ3) is 2.66. The third-order valence-electron chi connectivity index (χ3n) is 3.45. The lowest BCUT2D eigenvalue weighted by molar-refractivity contribution is -0.125. The molecule has 0 aliphatic carbocycles. The van der Waals surface area contributed by atoms with Gasteiger partial charge in [-0.1, -0.05) is 11.3 Å². The number of rotatable bonds is 4. The number of piperidine rings is 1. The van der Waals surface area contributed by atoms with Crippen molar-refractivity contribution in [2.45, 2.75) is 24.8 Å². The molecule has 0 unspecified atom stereocenters. The van der Waals surface area contributed by atoms with Crippen molar-refractivity contribution in [3.63, 3.8) is 0 Å². The average Bonchev–Trinajstić information content (AvgIpc) is 2.88. The smallest absolute Gasteiger partial charge is 0.291 e. The summed E-state index contributed by atoms with van der Waals surface area (Å²) in [4.78, 5) is 13.3. The van der Waals surface area contributed by atoms with Crippen molar-refractivity contribution in [2.75, 3.05) is 25.0 Å². The Morgan fingerprint density at radius 3 is 2.53 bits per heavy atom. The predicted octanol–water partition coefficient (Wildman–Crippen LogP) is 0.519. The maximum absolute atomic E-state index is 12.4. The molecule has 106 valence electrons. The summed E-state index contributed by atoms with van der Waals surface area (Å²) >= 11 is 0.881. The monoisotopic (exact) mass is 291 g/mol. The molecular formula is C10H15F2N5OS. The fourth-order valence-corrected chi connectivity index (χ4v) is 2.89. The third-order valence-corrected chi connectivity index (χ3v) is 4.45. The van der Waals surface area contributed by atoms with Gasteiger partial charge in [-0.05, 0) is 19.9 Å². The average molecular weight is 291 g/mol. The van der Waals surface area contributed by atoms with Crippen molar-refractivity contribution in [1.82, 2.24) is 15.5 Å². The molecule has 0 spiro atoms. The number of likely N-dealkylation sites (N-methyl/N-ethyl adjacent to an activating group) is 1. The molecule has 0 bridgehead atoms. The van der Waals surface area contributed by atoms with E-state index in [9.17, 15) is 13.6 Å². The first kappa shape index (κ1) is 14.1. The van der Waals surface area contributed by atoms with Crippen molar-refractivity contribution in [3.05, 3.63) is 5.01 Å². The van der Waals surface area contributed by atoms with Gasteiger partial charge in [-0.15, -0.1) is 10.2 Å². The van der Waals surface area contributed by atoms with E-state index in [-0.39, 0.29) is 10.9 Å². The minimum atomic E-state index is -2.60. The fourth-order valence-electron chi connectivity index (χ4n) is 2.14. The summed E-state index contributed by atoms with van der Waals surface area (Å²) in [7, 11) is 1.69. The number of anilines is 1. The number of halogens is 2. The molecule has 0 atom stereocenters. The zero-order chi connectivity index (χ0) is 14.0. The van der Waals surface area contributed by atoms with Crippen LogP contribution < -0.4 is 16.0 Å². The summed E-state index contributed by atoms with van der Waals surface area (Å²) < 4.78 is 24.9. The van der Waals surface area contributed by atoms with Crippen molar-refractivity contribution >= 4 is 22.4 Å². The quantitative estimate of drug-likeness (QED) is 0.845. The van der Waals surface area contributed by atoms with Gasteiger partial charge in [0.1, 0.15) is 5.54 Å². The van der Waals surface area contributed by atoms with E-state index < -0.39 is 12.0 Å². The van der Waals surface area contributed by atoms with Crippen LogP contribution in [0.5, 0.6) is 0 Å². The normalized spacial score (nSPS) is 18.8. The number of carbonyl (C=O) groups is 1. The van der Waals surface area contributed by atoms with E-state index >= 15 is 0 Å². The Kier molecular flexibility index (Phi) is 3.95. The summed E-state index contributed by atoms with van der Waals surface area (Å²) in [6.07, 6.45) is -1.57. The molecule has 0 saturated carbocycles. The highest BCUT2D eigenvalue weighted by molar-refractivity contribution is 7.15. The number of primary amides is 1. The van der Waals surface area contributed by atoms with Crippen molar-refractivity contribution in [2.24, 2.45) is 5.73 Å². The molecular weight excluding hydrogens is 276 g/mol. The van der Waals surface area contributed by atoms with E-state index in [0.717, 1.165) is 11.3 Å². The highest BCUT2D eigenvalue weighted by atomic mass is 32.1. The molecule has 2 heterocycles. The van der Waals surface area contributed by atoms with Crippen LogP contribution in [0.3, 0.4) is 0 Å². The minimum absolute atomic E-state index is 0.282. The van der Waals surface area contributed by atoms with Gasteiger partial charge in [0.2, 0.25) is 11.0 Å². The molecule has 0 radical (unpaired) electrons. The van der Waals surface area contributed by atoms with Crippen LogP contribution in [0.4, 0.5) is 13.9 Å². The van der Waals surface area contributed by atoms with Crippen LogP contribution in [-0.2, 0) is 4.79 Å². The molecule has 3 N–H and O–H groups in total. The molecule has 6 nitrogen and oxygen atoms in total. The summed E-state index contributed by atoms with van der Waals surface area (Å²) in [6.45, 7) is 1.06. The number of hydrogen-bond acceptors (Lipinski definition) is 6. The number of nitrogens with one attached hydrogen (secondary N) is 1. The first-order valence-corrected chi connectivity index (χ1v) is 6.65. The number of hydrogen-bond donors (Lipinski definition) is 2. The lowest BCUT2D eigenvalue weighted by atomic mass is 9.87. The van der Waals surface area contributed by atoms with Crippen LogP contribution >= 0.6 is 11.3 Å². The standard InChI is InChI=1S/C10H15F2N5OS/c1-14-10(8(13)18)2-4-17(5-3-10)9-16-15-7(19-9)6(11)12/h6,14H,2-5H2,1H3,(H2,13,18). The highest BCUT2D eigenvalue weighted by Gasteiger charge is 2.39. The molecule has 1 saturated heterocycles. The molecule has 9 heteroatoms. The van der Waals surface area contributed by atoms with Crippen LogP contribution in [-0.4, -0.2) is 41.8 Å². The second-order valence-electron chi connectivity index (χ2n) is 4.41. The summed E-state index contributed by atoms with van der Waals surface area (Å²) in [5, 5.41) is 10.3. The van der Waals surface area contributed by atoms with Gasteiger partial charge in [-0.3, -0.25) is 4.79 Å². The van der Waals surface area contributed by atoms with E-state index in [0.29, 0.717) is 31.1 Å². The molecule has 1 aromatic rings. The topological polar surface area (TPSA) is 84.1 Å². The van der Waals surface area contributed by atoms with Crippen LogP contribution in [0.25, 0.3) is 0 Å². The van der Waals surface area contributed by atoms with Crippen LogP contribution in [0.1, 0.15) is 24.3 Å². The molecule has 1 fully saturated rings. The van der Waals surface area contributed by atoms with Gasteiger partial charge in [0, 0.05) is 13.1 Å². The van der Waals surface area contributed by atoms with Crippen LogP contribution in [0.15, 0.2) is 0 Å². The zero-order valence-electron chi connectivity index (χ0n) is 10.4. The van der Waals surface area contributed by atoms with Gasteiger partial charge in [0.15, 0.2) is 5.01 Å². The second kappa shape index (κ2) is 5.33. The maximum atomic E-state index is 12.4. The number of nitrogens with two attached hydrogens (primary N) is 1. The van der Waals surface area contributed by atoms with Gasteiger partial charge in [-0.2, -0.15) is 0 Å². The van der Waals surface area contributed by atoms with E-state index in [2.05, 4.69) is 15.5 Å². The van der Waals surface area contributed by atoms with Gasteiger partial charge in [-0.25, -0.2) is 8.78 Å². The highest BCUT2D eigenvalue weighted by Crippen LogP contribution is 2.31. The molecule has 19 heavy (non-hydrogen) atoms. The molecule has 2 rings (SSSR count). The molecule has 1 aliphatic heterocycles. The second-order valence-corrected chi connectivity index (χ2v) is 5.39. The maximum Gasteiger partial charge on any atom is 0.291 e. The van der Waals surface area contributed by atoms with E-state index in [1.165, 1.54) is 0 Å². The first-order valence-electron chi connectivity index (χ1n) is 5.84. The molecule has 1 aromatic heterocycles. The number of alkyl halides is 2.